The van der Waals surface area contributed by atoms with Crippen LogP contribution in [-0.4, -0.2) is 23.5 Å². The smallest absolute Gasteiger partial charge is 0.274 e. The highest BCUT2D eigenvalue weighted by Gasteiger charge is 2.50. The number of nitrogens with one attached hydrogen (secondary N) is 2. The van der Waals surface area contributed by atoms with E-state index in [0.717, 1.165) is 6.08 Å². The number of carbonyl (C=O) groups excluding carboxylic acids is 3. The molecule has 6 heteroatoms. The zero-order chi connectivity index (χ0) is 10.1. The second-order valence-electron chi connectivity index (χ2n) is 2.53. The normalized spacial score (nSPS) is 20.5. The van der Waals surface area contributed by atoms with E-state index in [4.69, 9.17) is 0 Å². The molecule has 0 aromatic heterocycles. The first-order chi connectivity index (χ1) is 6.00. The molecule has 0 aromatic carbocycles. The largest absolute Gasteiger partial charge is 0.328 e. The summed E-state index contributed by atoms with van der Waals surface area (Å²) in [7, 11) is 0. The zero-order valence-electron chi connectivity index (χ0n) is 6.59. The lowest BCUT2D eigenvalue weighted by molar-refractivity contribution is -0.146. The molecule has 1 aliphatic rings. The molecule has 13 heavy (non-hydrogen) atoms. The topological polar surface area (TPSA) is 75.3 Å². The molecule has 0 saturated carbocycles. The maximum absolute atomic E-state index is 13.5. The molecule has 4 amide bonds. The van der Waals surface area contributed by atoms with Crippen molar-refractivity contribution in [2.45, 2.75) is 12.1 Å². The van der Waals surface area contributed by atoms with Crippen LogP contribution in [0.4, 0.5) is 9.18 Å². The van der Waals surface area contributed by atoms with Crippen LogP contribution in [0.3, 0.4) is 0 Å². The molecule has 70 valence electrons. The van der Waals surface area contributed by atoms with Crippen LogP contribution >= 0.6 is 0 Å². The van der Waals surface area contributed by atoms with E-state index in [1.54, 1.807) is 10.6 Å². The van der Waals surface area contributed by atoms with E-state index in [1.165, 1.54) is 0 Å². The summed E-state index contributed by atoms with van der Waals surface area (Å²) in [5.41, 5.74) is -2.71. The fourth-order valence-electron chi connectivity index (χ4n) is 0.923. The highest BCUT2D eigenvalue weighted by Crippen LogP contribution is 2.19. The van der Waals surface area contributed by atoms with Gasteiger partial charge in [0.15, 0.2) is 0 Å². The minimum absolute atomic E-state index is 0.460. The zero-order valence-corrected chi connectivity index (χ0v) is 6.59. The first-order valence-corrected chi connectivity index (χ1v) is 3.47. The second-order valence-corrected chi connectivity index (χ2v) is 2.53. The van der Waals surface area contributed by atoms with Crippen LogP contribution in [0.2, 0.25) is 0 Å². The van der Waals surface area contributed by atoms with E-state index >= 15 is 0 Å². The molecule has 0 unspecified atom stereocenters. The predicted molar refractivity (Wildman–Crippen MR) is 40.3 cm³/mol. The number of halogens is 1. The lowest BCUT2D eigenvalue weighted by atomic mass is 9.98. The van der Waals surface area contributed by atoms with Crippen molar-refractivity contribution >= 4 is 17.8 Å². The molecule has 1 fully saturated rings. The minimum atomic E-state index is -2.71. The molecule has 1 rings (SSSR count). The van der Waals surface area contributed by atoms with Crippen molar-refractivity contribution in [1.29, 1.82) is 0 Å². The van der Waals surface area contributed by atoms with Crippen molar-refractivity contribution in [3.63, 3.8) is 0 Å². The molecule has 0 radical (unpaired) electrons. The molecule has 0 aliphatic carbocycles. The molecule has 5 nitrogen and oxygen atoms in total. The minimum Gasteiger partial charge on any atom is -0.274 e. The van der Waals surface area contributed by atoms with Gasteiger partial charge in [-0.3, -0.25) is 20.2 Å². The summed E-state index contributed by atoms with van der Waals surface area (Å²) >= 11 is 0. The van der Waals surface area contributed by atoms with Crippen LogP contribution in [-0.2, 0) is 9.59 Å². The number of alkyl halides is 1. The summed E-state index contributed by atoms with van der Waals surface area (Å²) in [5, 5.41) is 3.30. The highest BCUT2D eigenvalue weighted by molar-refractivity contribution is 6.21. The number of barbiturate groups is 1. The Balaban J connectivity index is 2.95. The van der Waals surface area contributed by atoms with E-state index in [2.05, 4.69) is 6.58 Å². The lowest BCUT2D eigenvalue weighted by Crippen LogP contribution is -2.64. The van der Waals surface area contributed by atoms with Gasteiger partial charge in [0, 0.05) is 6.42 Å². The molecule has 0 aromatic rings. The molecular formula is C7H7FN2O3. The molecule has 0 atom stereocenters. The van der Waals surface area contributed by atoms with Crippen LogP contribution in [0.25, 0.3) is 0 Å². The van der Waals surface area contributed by atoms with E-state index < -0.39 is 29.9 Å². The maximum Gasteiger partial charge on any atom is 0.328 e. The Kier molecular flexibility index (Phi) is 2.14. The van der Waals surface area contributed by atoms with Gasteiger partial charge in [-0.05, 0) is 0 Å². The third-order valence-electron chi connectivity index (χ3n) is 1.60. The van der Waals surface area contributed by atoms with E-state index in [1.807, 2.05) is 0 Å². The van der Waals surface area contributed by atoms with Crippen molar-refractivity contribution in [3.8, 4) is 0 Å². The molecule has 1 saturated heterocycles. The highest BCUT2D eigenvalue weighted by atomic mass is 19.1. The van der Waals surface area contributed by atoms with Gasteiger partial charge in [-0.2, -0.15) is 0 Å². The molecule has 1 heterocycles. The Bertz CT molecular complexity index is 280. The first kappa shape index (κ1) is 9.37. The van der Waals surface area contributed by atoms with Crippen molar-refractivity contribution in [2.75, 3.05) is 0 Å². The van der Waals surface area contributed by atoms with Crippen molar-refractivity contribution in [3.05, 3.63) is 12.7 Å². The monoisotopic (exact) mass is 186 g/mol. The Morgan fingerprint density at radius 1 is 1.31 bits per heavy atom. The number of rotatable bonds is 2. The summed E-state index contributed by atoms with van der Waals surface area (Å²) < 4.78 is 13.5. The summed E-state index contributed by atoms with van der Waals surface area (Å²) in [4.78, 5) is 32.3. The molecule has 2 N–H and O–H groups in total. The van der Waals surface area contributed by atoms with Crippen LogP contribution in [0.15, 0.2) is 12.7 Å². The third kappa shape index (κ3) is 1.42. The van der Waals surface area contributed by atoms with Gasteiger partial charge in [0.25, 0.3) is 17.5 Å². The van der Waals surface area contributed by atoms with Gasteiger partial charge in [0.2, 0.25) is 0 Å². The number of imide groups is 2. The van der Waals surface area contributed by atoms with Crippen LogP contribution in [0.1, 0.15) is 6.42 Å². The Labute approximate surface area is 73.0 Å². The Morgan fingerprint density at radius 3 is 2.15 bits per heavy atom. The molecule has 0 spiro atoms. The second kappa shape index (κ2) is 2.96. The number of allylic oxidation sites excluding steroid dienone is 1. The van der Waals surface area contributed by atoms with Gasteiger partial charge in [0.05, 0.1) is 0 Å². The summed E-state index contributed by atoms with van der Waals surface area (Å²) in [6.07, 6.45) is 0.632. The van der Waals surface area contributed by atoms with E-state index in [0.29, 0.717) is 0 Å². The van der Waals surface area contributed by atoms with Gasteiger partial charge < -0.3 is 0 Å². The predicted octanol–water partition coefficient (Wildman–Crippen LogP) is -0.363. The van der Waals surface area contributed by atoms with Crippen LogP contribution < -0.4 is 10.6 Å². The number of hydrogen-bond donors (Lipinski definition) is 2. The van der Waals surface area contributed by atoms with Crippen molar-refractivity contribution in [2.24, 2.45) is 0 Å². The molecule has 1 aliphatic heterocycles. The lowest BCUT2D eigenvalue weighted by Gasteiger charge is -2.25. The standard InChI is InChI=1S/C7H7FN2O3/c1-2-3-7(8)4(11)9-6(13)10-5(7)12/h2H,1,3H2,(H2,9,10,11,12,13). The first-order valence-electron chi connectivity index (χ1n) is 3.47. The fraction of sp³-hybridized carbons (Fsp3) is 0.286. The number of urea groups is 1. The average molecular weight is 186 g/mol. The van der Waals surface area contributed by atoms with E-state index in [-0.39, 0.29) is 0 Å². The van der Waals surface area contributed by atoms with Gasteiger partial charge in [0.1, 0.15) is 0 Å². The maximum atomic E-state index is 13.5. The van der Waals surface area contributed by atoms with Crippen molar-refractivity contribution in [1.82, 2.24) is 10.6 Å². The summed E-state index contributed by atoms with van der Waals surface area (Å²) in [5.74, 6) is -2.50. The van der Waals surface area contributed by atoms with Crippen LogP contribution in [0, 0.1) is 0 Å². The number of amides is 4. The van der Waals surface area contributed by atoms with Crippen molar-refractivity contribution < 1.29 is 18.8 Å². The van der Waals surface area contributed by atoms with Gasteiger partial charge in [-0.15, -0.1) is 6.58 Å². The molecular weight excluding hydrogens is 179 g/mol. The average Bonchev–Trinajstić information content (AvgIpc) is 2.01. The Hall–Kier alpha value is -1.72. The third-order valence-corrected chi connectivity index (χ3v) is 1.60. The quantitative estimate of drug-likeness (QED) is 0.456. The van der Waals surface area contributed by atoms with E-state index in [9.17, 15) is 18.8 Å². The van der Waals surface area contributed by atoms with Gasteiger partial charge in [-0.25, -0.2) is 9.18 Å². The van der Waals surface area contributed by atoms with Crippen LogP contribution in [0.5, 0.6) is 0 Å². The van der Waals surface area contributed by atoms with Gasteiger partial charge in [-0.1, -0.05) is 6.08 Å². The SMILES string of the molecule is C=CCC1(F)C(=O)NC(=O)NC1=O. The number of hydrogen-bond acceptors (Lipinski definition) is 3. The molecule has 0 bridgehead atoms. The number of carbonyl (C=O) groups is 3. The van der Waals surface area contributed by atoms with Gasteiger partial charge >= 0.3 is 6.03 Å². The summed E-state index contributed by atoms with van der Waals surface area (Å²) in [6, 6.07) is -1.01. The fourth-order valence-corrected chi connectivity index (χ4v) is 0.923. The summed E-state index contributed by atoms with van der Waals surface area (Å²) in [6.45, 7) is 3.20. The Morgan fingerprint density at radius 2 is 1.77 bits per heavy atom.